The van der Waals surface area contributed by atoms with Crippen LogP contribution in [0, 0.1) is 5.82 Å². The highest BCUT2D eigenvalue weighted by atomic mass is 19.1. The van der Waals surface area contributed by atoms with Crippen molar-refractivity contribution in [3.05, 3.63) is 47.5 Å². The minimum atomic E-state index is -0.378. The Morgan fingerprint density at radius 2 is 2.26 bits per heavy atom. The van der Waals surface area contributed by atoms with Crippen LogP contribution in [0.3, 0.4) is 0 Å². The van der Waals surface area contributed by atoms with Gasteiger partial charge in [-0.3, -0.25) is 4.68 Å². The largest absolute Gasteiger partial charge is 0.494 e. The van der Waals surface area contributed by atoms with Crippen LogP contribution < -0.4 is 10.5 Å². The third kappa shape index (κ3) is 3.12. The number of aryl methyl sites for hydroxylation is 1. The van der Waals surface area contributed by atoms with Gasteiger partial charge in [0, 0.05) is 18.8 Å². The van der Waals surface area contributed by atoms with E-state index in [2.05, 4.69) is 5.10 Å². The van der Waals surface area contributed by atoms with E-state index in [1.54, 1.807) is 12.1 Å². The summed E-state index contributed by atoms with van der Waals surface area (Å²) in [5.74, 6) is -0.158. The lowest BCUT2D eigenvalue weighted by Crippen LogP contribution is -2.13. The van der Waals surface area contributed by atoms with Crippen molar-refractivity contribution in [1.29, 1.82) is 0 Å². The molecular weight excluding hydrogens is 245 g/mol. The zero-order valence-electron chi connectivity index (χ0n) is 11.1. The minimum Gasteiger partial charge on any atom is -0.494 e. The molecule has 0 amide bonds. The van der Waals surface area contributed by atoms with Crippen molar-refractivity contribution in [1.82, 2.24) is 9.78 Å². The first-order valence-corrected chi connectivity index (χ1v) is 6.24. The van der Waals surface area contributed by atoms with Crippen LogP contribution in [-0.4, -0.2) is 16.9 Å². The van der Waals surface area contributed by atoms with Gasteiger partial charge < -0.3 is 10.5 Å². The summed E-state index contributed by atoms with van der Waals surface area (Å²) >= 11 is 0. The molecule has 0 aliphatic carbocycles. The molecule has 0 aliphatic rings. The van der Waals surface area contributed by atoms with Gasteiger partial charge in [0.05, 0.1) is 13.3 Å². The van der Waals surface area contributed by atoms with Crippen LogP contribution in [0.15, 0.2) is 30.6 Å². The number of aromatic nitrogens is 2. The van der Waals surface area contributed by atoms with Crippen LogP contribution in [0.1, 0.15) is 24.1 Å². The Bertz CT molecular complexity index is 553. The molecule has 1 heterocycles. The lowest BCUT2D eigenvalue weighted by molar-refractivity contribution is 0.385. The van der Waals surface area contributed by atoms with Gasteiger partial charge in [0.15, 0.2) is 11.6 Å². The van der Waals surface area contributed by atoms with E-state index in [1.807, 2.05) is 24.0 Å². The maximum atomic E-state index is 13.3. The molecule has 2 aromatic rings. The number of halogens is 1. The summed E-state index contributed by atoms with van der Waals surface area (Å²) in [5.41, 5.74) is 8.05. The fourth-order valence-electron chi connectivity index (χ4n) is 1.96. The van der Waals surface area contributed by atoms with Crippen molar-refractivity contribution in [3.8, 4) is 5.75 Å². The first-order chi connectivity index (χ1) is 9.13. The number of methoxy groups -OCH3 is 1. The monoisotopic (exact) mass is 263 g/mol. The smallest absolute Gasteiger partial charge is 0.165 e. The lowest BCUT2D eigenvalue weighted by atomic mass is 10.0. The summed E-state index contributed by atoms with van der Waals surface area (Å²) in [6.07, 6.45) is 4.44. The number of nitrogens with two attached hydrogens (primary N) is 1. The van der Waals surface area contributed by atoms with Gasteiger partial charge in [-0.1, -0.05) is 6.07 Å². The van der Waals surface area contributed by atoms with E-state index < -0.39 is 0 Å². The topological polar surface area (TPSA) is 53.1 Å². The minimum absolute atomic E-state index is 0.205. The SMILES string of the molecule is CCn1cc(CC(N)c2ccc(F)c(OC)c2)cn1. The van der Waals surface area contributed by atoms with Crippen LogP contribution in [0.2, 0.25) is 0 Å². The molecule has 5 heteroatoms. The second-order valence-corrected chi connectivity index (χ2v) is 4.41. The average Bonchev–Trinajstić information content (AvgIpc) is 2.86. The fourth-order valence-corrected chi connectivity index (χ4v) is 1.96. The van der Waals surface area contributed by atoms with Gasteiger partial charge in [0.1, 0.15) is 0 Å². The summed E-state index contributed by atoms with van der Waals surface area (Å²) < 4.78 is 20.1. The lowest BCUT2D eigenvalue weighted by Gasteiger charge is -2.12. The summed E-state index contributed by atoms with van der Waals surface area (Å²) in [4.78, 5) is 0. The third-order valence-electron chi connectivity index (χ3n) is 3.07. The van der Waals surface area contributed by atoms with E-state index >= 15 is 0 Å². The van der Waals surface area contributed by atoms with Gasteiger partial charge in [-0.2, -0.15) is 5.10 Å². The zero-order valence-corrected chi connectivity index (χ0v) is 11.1. The highest BCUT2D eigenvalue weighted by Crippen LogP contribution is 2.23. The van der Waals surface area contributed by atoms with Crippen LogP contribution in [-0.2, 0) is 13.0 Å². The molecular formula is C14H18FN3O. The number of hydrogen-bond acceptors (Lipinski definition) is 3. The number of ether oxygens (including phenoxy) is 1. The molecule has 0 spiro atoms. The molecule has 0 aliphatic heterocycles. The van der Waals surface area contributed by atoms with E-state index in [1.165, 1.54) is 13.2 Å². The molecule has 2 N–H and O–H groups in total. The van der Waals surface area contributed by atoms with Crippen molar-refractivity contribution in [2.45, 2.75) is 25.9 Å². The molecule has 1 atom stereocenters. The Balaban J connectivity index is 2.12. The van der Waals surface area contributed by atoms with Gasteiger partial charge in [0.25, 0.3) is 0 Å². The molecule has 0 saturated carbocycles. The average molecular weight is 263 g/mol. The Hall–Kier alpha value is -1.88. The van der Waals surface area contributed by atoms with E-state index in [9.17, 15) is 4.39 Å². The van der Waals surface area contributed by atoms with Crippen LogP contribution in [0.4, 0.5) is 4.39 Å². The van der Waals surface area contributed by atoms with Crippen LogP contribution >= 0.6 is 0 Å². The highest BCUT2D eigenvalue weighted by molar-refractivity contribution is 5.32. The summed E-state index contributed by atoms with van der Waals surface area (Å²) in [7, 11) is 1.44. The molecule has 4 nitrogen and oxygen atoms in total. The molecule has 2 rings (SSSR count). The Morgan fingerprint density at radius 3 is 2.89 bits per heavy atom. The molecule has 0 fully saturated rings. The van der Waals surface area contributed by atoms with Crippen molar-refractivity contribution in [2.75, 3.05) is 7.11 Å². The molecule has 19 heavy (non-hydrogen) atoms. The molecule has 1 unspecified atom stereocenters. The fraction of sp³-hybridized carbons (Fsp3) is 0.357. The van der Waals surface area contributed by atoms with Gasteiger partial charge in [-0.25, -0.2) is 4.39 Å². The maximum Gasteiger partial charge on any atom is 0.165 e. The number of rotatable bonds is 5. The van der Waals surface area contributed by atoms with E-state index in [0.717, 1.165) is 17.7 Å². The Labute approximate surface area is 112 Å². The van der Waals surface area contributed by atoms with Gasteiger partial charge in [0.2, 0.25) is 0 Å². The van der Waals surface area contributed by atoms with E-state index in [4.69, 9.17) is 10.5 Å². The molecule has 102 valence electrons. The van der Waals surface area contributed by atoms with Gasteiger partial charge in [-0.05, 0) is 36.6 Å². The van der Waals surface area contributed by atoms with Gasteiger partial charge in [-0.15, -0.1) is 0 Å². The van der Waals surface area contributed by atoms with Crippen LogP contribution in [0.25, 0.3) is 0 Å². The molecule has 1 aromatic heterocycles. The molecule has 1 aromatic carbocycles. The number of benzene rings is 1. The first-order valence-electron chi connectivity index (χ1n) is 6.24. The Morgan fingerprint density at radius 1 is 1.47 bits per heavy atom. The zero-order chi connectivity index (χ0) is 13.8. The second kappa shape index (κ2) is 5.84. The van der Waals surface area contributed by atoms with E-state index in [0.29, 0.717) is 6.42 Å². The summed E-state index contributed by atoms with van der Waals surface area (Å²) in [5, 5.41) is 4.21. The van der Waals surface area contributed by atoms with Gasteiger partial charge >= 0.3 is 0 Å². The molecule has 0 radical (unpaired) electrons. The predicted molar refractivity (Wildman–Crippen MR) is 71.5 cm³/mol. The van der Waals surface area contributed by atoms with Crippen LogP contribution in [0.5, 0.6) is 5.75 Å². The quantitative estimate of drug-likeness (QED) is 0.900. The van der Waals surface area contributed by atoms with Crippen molar-refractivity contribution in [3.63, 3.8) is 0 Å². The van der Waals surface area contributed by atoms with Crippen molar-refractivity contribution in [2.24, 2.45) is 5.73 Å². The second-order valence-electron chi connectivity index (χ2n) is 4.41. The molecule has 0 saturated heterocycles. The molecule has 0 bridgehead atoms. The highest BCUT2D eigenvalue weighted by Gasteiger charge is 2.11. The summed E-state index contributed by atoms with van der Waals surface area (Å²) in [6, 6.07) is 4.50. The normalized spacial score (nSPS) is 12.4. The van der Waals surface area contributed by atoms with Crippen molar-refractivity contribution < 1.29 is 9.13 Å². The Kier molecular flexibility index (Phi) is 4.16. The number of nitrogens with zero attached hydrogens (tertiary/aromatic N) is 2. The third-order valence-corrected chi connectivity index (χ3v) is 3.07. The predicted octanol–water partition coefficient (Wildman–Crippen LogP) is 2.29. The van der Waals surface area contributed by atoms with E-state index in [-0.39, 0.29) is 17.6 Å². The summed E-state index contributed by atoms with van der Waals surface area (Å²) in [6.45, 7) is 2.86. The number of hydrogen-bond donors (Lipinski definition) is 1. The standard InChI is InChI=1S/C14H18FN3O/c1-3-18-9-10(8-17-18)6-13(16)11-4-5-12(15)14(7-11)19-2/h4-5,7-9,13H,3,6,16H2,1-2H3. The first kappa shape index (κ1) is 13.5. The maximum absolute atomic E-state index is 13.3. The van der Waals surface area contributed by atoms with Crippen molar-refractivity contribution >= 4 is 0 Å².